The fourth-order valence-corrected chi connectivity index (χ4v) is 3.60. The predicted molar refractivity (Wildman–Crippen MR) is 116 cm³/mol. The van der Waals surface area contributed by atoms with Crippen molar-refractivity contribution in [2.45, 2.75) is 12.6 Å². The monoisotopic (exact) mass is 382 g/mol. The summed E-state index contributed by atoms with van der Waals surface area (Å²) in [4.78, 5) is 17.2. The number of hydrogen-bond acceptors (Lipinski definition) is 4. The quantitative estimate of drug-likeness (QED) is 0.688. The summed E-state index contributed by atoms with van der Waals surface area (Å²) in [6.45, 7) is 0.680. The smallest absolute Gasteiger partial charge is 0.262 e. The maximum absolute atomic E-state index is 13.3. The zero-order chi connectivity index (χ0) is 20.2. The molecule has 0 spiro atoms. The number of rotatable bonds is 5. The average Bonchev–Trinajstić information content (AvgIpc) is 2.78. The number of carbonyl (C=O) groups is 1. The van der Waals surface area contributed by atoms with E-state index in [1.165, 1.54) is 0 Å². The first kappa shape index (κ1) is 18.6. The molecule has 0 radical (unpaired) electrons. The van der Waals surface area contributed by atoms with E-state index in [-0.39, 0.29) is 12.1 Å². The topological polar surface area (TPSA) is 59.4 Å². The highest BCUT2D eigenvalue weighted by Gasteiger charge is 2.33. The summed E-state index contributed by atoms with van der Waals surface area (Å²) in [5, 5.41) is 12.3. The van der Waals surface area contributed by atoms with E-state index in [2.05, 4.69) is 16.3 Å². The molecule has 0 saturated heterocycles. The number of para-hydroxylation sites is 2. The Hall–Kier alpha value is -3.78. The molecule has 1 unspecified atom stereocenters. The van der Waals surface area contributed by atoms with Crippen molar-refractivity contribution in [1.82, 2.24) is 0 Å². The van der Waals surface area contributed by atoms with Crippen molar-refractivity contribution >= 4 is 23.0 Å². The first-order valence-corrected chi connectivity index (χ1v) is 9.61. The van der Waals surface area contributed by atoms with Gasteiger partial charge >= 0.3 is 0 Å². The zero-order valence-corrected chi connectivity index (χ0v) is 16.2. The molecule has 3 aromatic rings. The number of nitriles is 1. The molecule has 1 atom stereocenters. The second kappa shape index (κ2) is 8.07. The largest absolute Gasteiger partial charge is 0.374 e. The van der Waals surface area contributed by atoms with Crippen molar-refractivity contribution in [3.05, 3.63) is 90.0 Å². The van der Waals surface area contributed by atoms with Crippen molar-refractivity contribution in [3.63, 3.8) is 0 Å². The van der Waals surface area contributed by atoms with Gasteiger partial charge in [-0.15, -0.1) is 0 Å². The Kier molecular flexibility index (Phi) is 5.17. The molecular formula is C24H22N4O. The van der Waals surface area contributed by atoms with Gasteiger partial charge in [-0.2, -0.15) is 5.26 Å². The SMILES string of the molecule is CN(CCC#N)c1ccc(C2Nc3ccccc3C(=O)N2c2ccccc2)cc1. The molecule has 3 aromatic carbocycles. The normalized spacial score (nSPS) is 15.2. The average molecular weight is 382 g/mol. The fourth-order valence-electron chi connectivity index (χ4n) is 3.60. The fraction of sp³-hybridized carbons (Fsp3) is 0.167. The number of nitrogens with zero attached hydrogens (tertiary/aromatic N) is 3. The van der Waals surface area contributed by atoms with Gasteiger partial charge in [-0.1, -0.05) is 42.5 Å². The summed E-state index contributed by atoms with van der Waals surface area (Å²) in [6.07, 6.45) is 0.174. The maximum Gasteiger partial charge on any atom is 0.262 e. The Morgan fingerprint density at radius 1 is 1.00 bits per heavy atom. The Bertz CT molecular complexity index is 1040. The third-order valence-electron chi connectivity index (χ3n) is 5.17. The zero-order valence-electron chi connectivity index (χ0n) is 16.2. The molecule has 1 aliphatic rings. The van der Waals surface area contributed by atoms with Gasteiger partial charge in [0, 0.05) is 30.7 Å². The summed E-state index contributed by atoms with van der Waals surface area (Å²) in [6, 6.07) is 27.6. The van der Waals surface area contributed by atoms with E-state index in [9.17, 15) is 4.79 Å². The van der Waals surface area contributed by atoms with E-state index in [0.29, 0.717) is 18.5 Å². The van der Waals surface area contributed by atoms with E-state index < -0.39 is 0 Å². The van der Waals surface area contributed by atoms with Gasteiger partial charge < -0.3 is 10.2 Å². The molecule has 0 aromatic heterocycles. The van der Waals surface area contributed by atoms with Gasteiger partial charge in [0.1, 0.15) is 6.17 Å². The van der Waals surface area contributed by atoms with Crippen LogP contribution in [0.4, 0.5) is 17.1 Å². The molecule has 144 valence electrons. The van der Waals surface area contributed by atoms with Crippen LogP contribution in [0.25, 0.3) is 0 Å². The van der Waals surface area contributed by atoms with Crippen LogP contribution in [0.15, 0.2) is 78.9 Å². The third-order valence-corrected chi connectivity index (χ3v) is 5.17. The molecule has 1 N–H and O–H groups in total. The molecular weight excluding hydrogens is 360 g/mol. The second-order valence-corrected chi connectivity index (χ2v) is 7.02. The van der Waals surface area contributed by atoms with Gasteiger partial charge in [0.2, 0.25) is 0 Å². The standard InChI is InChI=1S/C24H22N4O/c1-27(17-7-16-25)19-14-12-18(13-15-19)23-26-22-11-6-5-10-21(22)24(29)28(23)20-8-3-2-4-9-20/h2-6,8-15,23,26H,7,17H2,1H3. The molecule has 29 heavy (non-hydrogen) atoms. The Balaban J connectivity index is 1.70. The van der Waals surface area contributed by atoms with Crippen LogP contribution in [0.5, 0.6) is 0 Å². The second-order valence-electron chi connectivity index (χ2n) is 7.02. The molecule has 1 amide bonds. The molecule has 0 aliphatic carbocycles. The number of benzene rings is 3. The molecule has 0 fully saturated rings. The van der Waals surface area contributed by atoms with Crippen LogP contribution in [0.3, 0.4) is 0 Å². The van der Waals surface area contributed by atoms with E-state index in [0.717, 1.165) is 22.6 Å². The van der Waals surface area contributed by atoms with E-state index in [4.69, 9.17) is 5.26 Å². The molecule has 5 heteroatoms. The molecule has 1 aliphatic heterocycles. The van der Waals surface area contributed by atoms with Gasteiger partial charge in [-0.25, -0.2) is 0 Å². The van der Waals surface area contributed by atoms with Crippen molar-refractivity contribution < 1.29 is 4.79 Å². The minimum atomic E-state index is -0.307. The van der Waals surface area contributed by atoms with Crippen LogP contribution in [-0.4, -0.2) is 19.5 Å². The number of carbonyl (C=O) groups excluding carboxylic acids is 1. The van der Waals surface area contributed by atoms with Gasteiger partial charge in [-0.05, 0) is 42.0 Å². The molecule has 5 nitrogen and oxygen atoms in total. The van der Waals surface area contributed by atoms with Crippen LogP contribution < -0.4 is 15.1 Å². The minimum Gasteiger partial charge on any atom is -0.374 e. The highest BCUT2D eigenvalue weighted by atomic mass is 16.2. The lowest BCUT2D eigenvalue weighted by Crippen LogP contribution is -2.43. The summed E-state index contributed by atoms with van der Waals surface area (Å²) < 4.78 is 0. The van der Waals surface area contributed by atoms with Crippen LogP contribution in [0.1, 0.15) is 28.5 Å². The van der Waals surface area contributed by atoms with Crippen molar-refractivity contribution in [2.75, 3.05) is 28.7 Å². The molecule has 0 bridgehead atoms. The Labute approximate surface area is 170 Å². The molecule has 4 rings (SSSR count). The number of anilines is 3. The highest BCUT2D eigenvalue weighted by Crippen LogP contribution is 2.36. The van der Waals surface area contributed by atoms with Gasteiger partial charge in [0.15, 0.2) is 0 Å². The number of fused-ring (bicyclic) bond motifs is 1. The van der Waals surface area contributed by atoms with Crippen molar-refractivity contribution in [3.8, 4) is 6.07 Å². The first-order chi connectivity index (χ1) is 14.2. The first-order valence-electron chi connectivity index (χ1n) is 9.61. The van der Waals surface area contributed by atoms with E-state index in [1.807, 2.05) is 85.9 Å². The van der Waals surface area contributed by atoms with Crippen LogP contribution in [0, 0.1) is 11.3 Å². The summed E-state index contributed by atoms with van der Waals surface area (Å²) in [5.41, 5.74) is 4.39. The van der Waals surface area contributed by atoms with Crippen molar-refractivity contribution in [2.24, 2.45) is 0 Å². The maximum atomic E-state index is 13.3. The lowest BCUT2D eigenvalue weighted by molar-refractivity contribution is 0.0975. The molecule has 0 saturated carbocycles. The summed E-state index contributed by atoms with van der Waals surface area (Å²) >= 11 is 0. The third kappa shape index (κ3) is 3.65. The summed E-state index contributed by atoms with van der Waals surface area (Å²) in [5.74, 6) is -0.0224. The number of hydrogen-bond donors (Lipinski definition) is 1. The Morgan fingerprint density at radius 3 is 2.41 bits per heavy atom. The van der Waals surface area contributed by atoms with E-state index in [1.54, 1.807) is 4.90 Å². The lowest BCUT2D eigenvalue weighted by atomic mass is 10.0. The highest BCUT2D eigenvalue weighted by molar-refractivity contribution is 6.12. The Morgan fingerprint density at radius 2 is 1.69 bits per heavy atom. The number of nitrogens with one attached hydrogen (secondary N) is 1. The predicted octanol–water partition coefficient (Wildman–Crippen LogP) is 4.81. The van der Waals surface area contributed by atoms with Crippen LogP contribution in [-0.2, 0) is 0 Å². The lowest BCUT2D eigenvalue weighted by Gasteiger charge is -2.38. The van der Waals surface area contributed by atoms with Gasteiger partial charge in [-0.3, -0.25) is 9.69 Å². The van der Waals surface area contributed by atoms with Crippen molar-refractivity contribution in [1.29, 1.82) is 5.26 Å². The molecule has 1 heterocycles. The number of amides is 1. The van der Waals surface area contributed by atoms with Crippen LogP contribution in [0.2, 0.25) is 0 Å². The van der Waals surface area contributed by atoms with E-state index >= 15 is 0 Å². The van der Waals surface area contributed by atoms with Gasteiger partial charge in [0.05, 0.1) is 18.1 Å². The minimum absolute atomic E-state index is 0.0224. The summed E-state index contributed by atoms with van der Waals surface area (Å²) in [7, 11) is 1.97. The van der Waals surface area contributed by atoms with Gasteiger partial charge in [0.25, 0.3) is 5.91 Å². The van der Waals surface area contributed by atoms with Crippen LogP contribution >= 0.6 is 0 Å².